The maximum absolute atomic E-state index is 14.1. The molecule has 0 saturated heterocycles. The average molecular weight is 534 g/mol. The van der Waals surface area contributed by atoms with E-state index in [9.17, 15) is 39.5 Å². The molecule has 0 N–H and O–H groups in total. The van der Waals surface area contributed by atoms with Crippen molar-refractivity contribution in [3.63, 3.8) is 0 Å². The summed E-state index contributed by atoms with van der Waals surface area (Å²) in [7, 11) is 0. The Hall–Kier alpha value is -2.24. The van der Waals surface area contributed by atoms with Crippen molar-refractivity contribution in [3.05, 3.63) is 70.3 Å². The van der Waals surface area contributed by atoms with Crippen molar-refractivity contribution in [2.75, 3.05) is 0 Å². The van der Waals surface area contributed by atoms with Crippen molar-refractivity contribution in [1.82, 2.24) is 0 Å². The highest BCUT2D eigenvalue weighted by Crippen LogP contribution is 2.50. The van der Waals surface area contributed by atoms with Gasteiger partial charge in [0.1, 0.15) is 0 Å². The Labute approximate surface area is 184 Å². The second-order valence-corrected chi connectivity index (χ2v) is 8.54. The quantitative estimate of drug-likeness (QED) is 0.292. The minimum absolute atomic E-state index is 0.0107. The van der Waals surface area contributed by atoms with E-state index in [0.29, 0.717) is 0 Å². The normalized spacial score (nSPS) is 20.7. The Morgan fingerprint density at radius 2 is 1.38 bits per heavy atom. The molecule has 0 aromatic heterocycles. The van der Waals surface area contributed by atoms with E-state index in [1.54, 1.807) is 12.1 Å². The molecule has 0 bridgehead atoms. The van der Waals surface area contributed by atoms with Crippen LogP contribution in [0.4, 0.5) is 39.5 Å². The average Bonchev–Trinajstić information content (AvgIpc) is 3.13. The fourth-order valence-electron chi connectivity index (χ4n) is 3.19. The Balaban J connectivity index is 2.11. The molecule has 0 fully saturated rings. The molecule has 2 aromatic carbocycles. The molecule has 0 spiro atoms. The van der Waals surface area contributed by atoms with Gasteiger partial charge < -0.3 is 4.84 Å². The molecule has 0 aliphatic carbocycles. The summed E-state index contributed by atoms with van der Waals surface area (Å²) in [5, 5.41) is 3.38. The zero-order valence-corrected chi connectivity index (χ0v) is 17.5. The molecule has 2 nitrogen and oxygen atoms in total. The van der Waals surface area contributed by atoms with Gasteiger partial charge in [0.05, 0.1) is 16.8 Å². The molecule has 1 heterocycles. The third-order valence-corrected chi connectivity index (χ3v) is 5.47. The smallest absolute Gasteiger partial charge is 0.374 e. The third kappa shape index (κ3) is 4.60. The van der Waals surface area contributed by atoms with Gasteiger partial charge in [-0.05, 0) is 36.2 Å². The number of rotatable bonds is 3. The molecule has 1 aliphatic heterocycles. The van der Waals surface area contributed by atoms with Gasteiger partial charge in [-0.25, -0.2) is 0 Å². The van der Waals surface area contributed by atoms with Crippen LogP contribution in [0.3, 0.4) is 0 Å². The summed E-state index contributed by atoms with van der Waals surface area (Å²) in [6, 6.07) is 5.84. The van der Waals surface area contributed by atoms with Crippen molar-refractivity contribution < 1.29 is 44.4 Å². The topological polar surface area (TPSA) is 21.6 Å². The highest BCUT2D eigenvalue weighted by atomic mass is 79.9. The molecule has 174 valence electrons. The van der Waals surface area contributed by atoms with Gasteiger partial charge in [0.25, 0.3) is 5.60 Å². The van der Waals surface area contributed by atoms with Crippen LogP contribution in [0.25, 0.3) is 0 Å². The monoisotopic (exact) mass is 533 g/mol. The summed E-state index contributed by atoms with van der Waals surface area (Å²) in [6.45, 7) is 1.81. The third-order valence-electron chi connectivity index (χ3n) is 4.94. The van der Waals surface area contributed by atoms with Crippen LogP contribution in [0.1, 0.15) is 46.0 Å². The van der Waals surface area contributed by atoms with E-state index in [4.69, 9.17) is 0 Å². The summed E-state index contributed by atoms with van der Waals surface area (Å²) in [4.78, 5) is 4.53. The number of hydrogen-bond acceptors (Lipinski definition) is 2. The maximum Gasteiger partial charge on any atom is 0.435 e. The van der Waals surface area contributed by atoms with Gasteiger partial charge in [-0.1, -0.05) is 45.4 Å². The first-order valence-corrected chi connectivity index (χ1v) is 9.82. The van der Waals surface area contributed by atoms with Crippen molar-refractivity contribution in [1.29, 1.82) is 0 Å². The number of alkyl halides is 10. The molecule has 12 heteroatoms. The fraction of sp³-hybridized carbons (Fsp3) is 0.350. The first-order valence-electron chi connectivity index (χ1n) is 8.91. The number of benzene rings is 2. The minimum atomic E-state index is -5.37. The second kappa shape index (κ2) is 7.96. The van der Waals surface area contributed by atoms with Crippen LogP contribution in [0.5, 0.6) is 0 Å². The first kappa shape index (κ1) is 24.4. The lowest BCUT2D eigenvalue weighted by atomic mass is 9.84. The second-order valence-electron chi connectivity index (χ2n) is 7.16. The largest absolute Gasteiger partial charge is 0.435 e. The van der Waals surface area contributed by atoms with Gasteiger partial charge in [-0.3, -0.25) is 0 Å². The Bertz CT molecular complexity index is 991. The first-order chi connectivity index (χ1) is 14.5. The molecule has 0 radical (unpaired) electrons. The molecular weight excluding hydrogens is 521 g/mol. The summed E-state index contributed by atoms with van der Waals surface area (Å²) < 4.78 is 121. The van der Waals surface area contributed by atoms with Gasteiger partial charge in [0.15, 0.2) is 0 Å². The van der Waals surface area contributed by atoms with E-state index in [1.165, 1.54) is 12.1 Å². The minimum Gasteiger partial charge on any atom is -0.374 e. The molecule has 32 heavy (non-hydrogen) atoms. The van der Waals surface area contributed by atoms with Crippen LogP contribution in [0.2, 0.25) is 0 Å². The van der Waals surface area contributed by atoms with E-state index < -0.39 is 47.2 Å². The van der Waals surface area contributed by atoms with E-state index in [-0.39, 0.29) is 34.3 Å². The van der Waals surface area contributed by atoms with Crippen LogP contribution in [0, 0.1) is 0 Å². The van der Waals surface area contributed by atoms with E-state index in [1.807, 2.05) is 6.92 Å². The van der Waals surface area contributed by atoms with E-state index in [0.717, 1.165) is 5.56 Å². The number of nitrogens with zero attached hydrogens (tertiary/aromatic N) is 1. The number of hydrogen-bond donors (Lipinski definition) is 0. The highest BCUT2D eigenvalue weighted by Gasteiger charge is 2.63. The van der Waals surface area contributed by atoms with Crippen LogP contribution >= 0.6 is 15.9 Å². The Morgan fingerprint density at radius 3 is 1.78 bits per heavy atom. The van der Waals surface area contributed by atoms with Gasteiger partial charge in [0, 0.05) is 16.8 Å². The number of halogens is 10. The molecule has 2 atom stereocenters. The predicted octanol–water partition coefficient (Wildman–Crippen LogP) is 7.76. The molecule has 2 aromatic rings. The van der Waals surface area contributed by atoms with Gasteiger partial charge >= 0.3 is 18.5 Å². The maximum atomic E-state index is 14.1. The predicted molar refractivity (Wildman–Crippen MR) is 100 cm³/mol. The van der Waals surface area contributed by atoms with Crippen molar-refractivity contribution in [2.45, 2.75) is 42.3 Å². The van der Waals surface area contributed by atoms with Crippen LogP contribution in [-0.4, -0.2) is 11.9 Å². The molecule has 2 unspecified atom stereocenters. The van der Waals surface area contributed by atoms with Gasteiger partial charge in [-0.2, -0.15) is 39.5 Å². The van der Waals surface area contributed by atoms with Crippen molar-refractivity contribution >= 4 is 21.6 Å². The van der Waals surface area contributed by atoms with Crippen molar-refractivity contribution in [2.24, 2.45) is 5.16 Å². The van der Waals surface area contributed by atoms with Gasteiger partial charge in [0.2, 0.25) is 0 Å². The van der Waals surface area contributed by atoms with Crippen molar-refractivity contribution in [3.8, 4) is 0 Å². The Kier molecular flexibility index (Phi) is 6.07. The van der Waals surface area contributed by atoms with Gasteiger partial charge in [-0.15, -0.1) is 0 Å². The summed E-state index contributed by atoms with van der Waals surface area (Å²) in [5.74, 6) is 0. The van der Waals surface area contributed by atoms with E-state index >= 15 is 0 Å². The Morgan fingerprint density at radius 1 is 0.875 bits per heavy atom. The van der Waals surface area contributed by atoms with Crippen LogP contribution in [0.15, 0.2) is 47.6 Å². The molecule has 0 saturated carbocycles. The standard InChI is InChI=1S/C20H13BrF9NO/c1-10(21)11-2-4-12(5-3-11)16-9-17(32-31-16,20(28,29)30)13-6-14(18(22,23)24)8-15(7-13)19(25,26)27/h2-8,10H,9H2,1H3. The fourth-order valence-corrected chi connectivity index (χ4v) is 3.49. The zero-order chi connectivity index (χ0) is 24.1. The zero-order valence-electron chi connectivity index (χ0n) is 16.0. The van der Waals surface area contributed by atoms with Crippen LogP contribution < -0.4 is 0 Å². The lowest BCUT2D eigenvalue weighted by Crippen LogP contribution is -2.43. The molecule has 3 rings (SSSR count). The van der Waals surface area contributed by atoms with Crippen LogP contribution in [-0.2, 0) is 22.8 Å². The van der Waals surface area contributed by atoms with E-state index in [2.05, 4.69) is 25.9 Å². The lowest BCUT2D eigenvalue weighted by molar-refractivity contribution is -0.276. The molecule has 0 amide bonds. The SMILES string of the molecule is CC(Br)c1ccc(C2=NOC(c3cc(C(F)(F)F)cc(C(F)(F)F)c3)(C(F)(F)F)C2)cc1. The highest BCUT2D eigenvalue weighted by molar-refractivity contribution is 9.09. The summed E-state index contributed by atoms with van der Waals surface area (Å²) in [6.07, 6.45) is -17.1. The molecule has 1 aliphatic rings. The number of oxime groups is 1. The molecular formula is C20H13BrF9NO. The summed E-state index contributed by atoms with van der Waals surface area (Å²) in [5.41, 5.74) is -7.87. The summed E-state index contributed by atoms with van der Waals surface area (Å²) >= 11 is 3.32. The lowest BCUT2D eigenvalue weighted by Gasteiger charge is -2.30.